The molecule has 0 amide bonds. The van der Waals surface area contributed by atoms with E-state index in [1.165, 1.54) is 22.7 Å². The molecule has 0 spiro atoms. The Bertz CT molecular complexity index is 1330. The second-order valence-corrected chi connectivity index (χ2v) is 10.7. The molecular formula is C23H17BrClFN2OS2. The van der Waals surface area contributed by atoms with Crippen molar-refractivity contribution in [1.29, 1.82) is 0 Å². The number of thioether (sulfide) groups is 1. The number of aryl methyl sites for hydroxylation is 2. The highest BCUT2D eigenvalue weighted by Gasteiger charge is 2.23. The van der Waals surface area contributed by atoms with Crippen molar-refractivity contribution in [2.45, 2.75) is 36.6 Å². The van der Waals surface area contributed by atoms with Crippen LogP contribution in [0.5, 0.6) is 0 Å². The topological polar surface area (TPSA) is 34.9 Å². The van der Waals surface area contributed by atoms with Crippen LogP contribution >= 0.6 is 50.6 Å². The van der Waals surface area contributed by atoms with Crippen molar-refractivity contribution in [3.8, 4) is 5.69 Å². The van der Waals surface area contributed by atoms with Crippen LogP contribution in [0.1, 0.15) is 28.8 Å². The van der Waals surface area contributed by atoms with E-state index < -0.39 is 0 Å². The van der Waals surface area contributed by atoms with Gasteiger partial charge in [0.25, 0.3) is 5.56 Å². The fraction of sp³-hybridized carbons (Fsp3) is 0.217. The minimum absolute atomic E-state index is 0.0612. The number of thiophene rings is 1. The number of nitrogens with zero attached hydrogens (tertiary/aromatic N) is 2. The van der Waals surface area contributed by atoms with Crippen molar-refractivity contribution in [3.05, 3.63) is 84.1 Å². The lowest BCUT2D eigenvalue weighted by atomic mass is 9.97. The van der Waals surface area contributed by atoms with Gasteiger partial charge in [0.1, 0.15) is 10.6 Å². The van der Waals surface area contributed by atoms with Crippen LogP contribution in [0.4, 0.5) is 4.39 Å². The highest BCUT2D eigenvalue weighted by atomic mass is 79.9. The second-order valence-electron chi connectivity index (χ2n) is 7.39. The van der Waals surface area contributed by atoms with Gasteiger partial charge in [0, 0.05) is 25.7 Å². The summed E-state index contributed by atoms with van der Waals surface area (Å²) >= 11 is 12.6. The van der Waals surface area contributed by atoms with Gasteiger partial charge in [-0.05, 0) is 67.6 Å². The number of hydrogen-bond acceptors (Lipinski definition) is 4. The molecule has 0 atom stereocenters. The molecule has 4 aromatic rings. The maximum absolute atomic E-state index is 14.3. The number of fused-ring (bicyclic) bond motifs is 3. The van der Waals surface area contributed by atoms with Gasteiger partial charge in [-0.1, -0.05) is 45.4 Å². The van der Waals surface area contributed by atoms with E-state index in [9.17, 15) is 9.18 Å². The molecule has 2 aromatic heterocycles. The summed E-state index contributed by atoms with van der Waals surface area (Å²) in [7, 11) is 0. The Morgan fingerprint density at radius 1 is 1.16 bits per heavy atom. The zero-order valence-electron chi connectivity index (χ0n) is 16.3. The van der Waals surface area contributed by atoms with Gasteiger partial charge in [-0.25, -0.2) is 9.37 Å². The van der Waals surface area contributed by atoms with E-state index in [2.05, 4.69) is 15.9 Å². The van der Waals surface area contributed by atoms with Gasteiger partial charge in [0.05, 0.1) is 11.1 Å². The van der Waals surface area contributed by atoms with Gasteiger partial charge in [0.2, 0.25) is 0 Å². The van der Waals surface area contributed by atoms with E-state index in [1.807, 2.05) is 24.3 Å². The number of benzene rings is 2. The molecule has 31 heavy (non-hydrogen) atoms. The first kappa shape index (κ1) is 21.2. The summed E-state index contributed by atoms with van der Waals surface area (Å²) in [5, 5.41) is 1.64. The minimum atomic E-state index is -0.356. The molecule has 8 heteroatoms. The predicted molar refractivity (Wildman–Crippen MR) is 131 cm³/mol. The third-order valence-corrected chi connectivity index (χ3v) is 8.48. The highest BCUT2D eigenvalue weighted by Crippen LogP contribution is 2.36. The Balaban J connectivity index is 1.67. The average Bonchev–Trinajstić information content (AvgIpc) is 3.13. The summed E-state index contributed by atoms with van der Waals surface area (Å²) in [6.07, 6.45) is 4.16. The van der Waals surface area contributed by atoms with E-state index in [4.69, 9.17) is 16.6 Å². The van der Waals surface area contributed by atoms with Crippen LogP contribution in [0.3, 0.4) is 0 Å². The number of aromatic nitrogens is 2. The van der Waals surface area contributed by atoms with Crippen LogP contribution in [0.2, 0.25) is 5.02 Å². The predicted octanol–water partition coefficient (Wildman–Crippen LogP) is 7.17. The van der Waals surface area contributed by atoms with Crippen LogP contribution in [0, 0.1) is 5.82 Å². The summed E-state index contributed by atoms with van der Waals surface area (Å²) in [6, 6.07) is 12.2. The van der Waals surface area contributed by atoms with E-state index in [1.54, 1.807) is 28.0 Å². The van der Waals surface area contributed by atoms with Crippen LogP contribution in [-0.4, -0.2) is 9.55 Å². The van der Waals surface area contributed by atoms with Crippen LogP contribution in [-0.2, 0) is 18.6 Å². The Morgan fingerprint density at radius 2 is 1.94 bits per heavy atom. The number of hydrogen-bond donors (Lipinski definition) is 0. The summed E-state index contributed by atoms with van der Waals surface area (Å²) in [5.74, 6) is -0.0735. The van der Waals surface area contributed by atoms with E-state index >= 15 is 0 Å². The van der Waals surface area contributed by atoms with Gasteiger partial charge in [0.15, 0.2) is 5.16 Å². The molecule has 0 saturated carbocycles. The van der Waals surface area contributed by atoms with E-state index in [0.717, 1.165) is 51.6 Å². The molecule has 0 aliphatic heterocycles. The summed E-state index contributed by atoms with van der Waals surface area (Å²) in [4.78, 5) is 20.6. The third-order valence-electron chi connectivity index (χ3n) is 5.45. The molecule has 0 N–H and O–H groups in total. The van der Waals surface area contributed by atoms with Gasteiger partial charge in [-0.15, -0.1) is 11.3 Å². The first-order chi connectivity index (χ1) is 15.0. The lowest BCUT2D eigenvalue weighted by Crippen LogP contribution is -2.22. The molecule has 0 saturated heterocycles. The van der Waals surface area contributed by atoms with Crippen molar-refractivity contribution in [2.75, 3.05) is 0 Å². The van der Waals surface area contributed by atoms with Gasteiger partial charge < -0.3 is 0 Å². The average molecular weight is 536 g/mol. The van der Waals surface area contributed by atoms with E-state index in [-0.39, 0.29) is 17.1 Å². The summed E-state index contributed by atoms with van der Waals surface area (Å²) in [6.45, 7) is 0. The zero-order valence-corrected chi connectivity index (χ0v) is 20.3. The summed E-state index contributed by atoms with van der Waals surface area (Å²) in [5.41, 5.74) is 2.24. The maximum Gasteiger partial charge on any atom is 0.267 e. The zero-order chi connectivity index (χ0) is 21.5. The fourth-order valence-corrected chi connectivity index (χ4v) is 6.83. The molecule has 5 rings (SSSR count). The molecule has 1 aliphatic rings. The van der Waals surface area contributed by atoms with Gasteiger partial charge in [-0.3, -0.25) is 9.36 Å². The second kappa shape index (κ2) is 8.70. The SMILES string of the molecule is O=c1c2c3c(sc2nc(SCc2c(F)cccc2Cl)n1-c1ccc(Br)cc1)CCCC3. The fourth-order valence-electron chi connectivity index (χ4n) is 3.91. The first-order valence-corrected chi connectivity index (χ1v) is 12.9. The molecular weight excluding hydrogens is 519 g/mol. The summed E-state index contributed by atoms with van der Waals surface area (Å²) < 4.78 is 16.9. The lowest BCUT2D eigenvalue weighted by molar-refractivity contribution is 0.617. The Hall–Kier alpha value is -1.67. The smallest absolute Gasteiger partial charge is 0.267 e. The Labute approximate surface area is 200 Å². The van der Waals surface area contributed by atoms with Crippen molar-refractivity contribution >= 4 is 60.8 Å². The van der Waals surface area contributed by atoms with E-state index in [0.29, 0.717) is 15.7 Å². The van der Waals surface area contributed by atoms with Crippen molar-refractivity contribution in [1.82, 2.24) is 9.55 Å². The standard InChI is InChI=1S/C23H17BrClFN2OS2/c24-13-8-10-14(11-9-13)28-22(29)20-15-4-1-2-7-19(15)31-21(20)27-23(28)30-12-16-17(25)5-3-6-18(16)26/h3,5-6,8-11H,1-2,4,7,12H2. The van der Waals surface area contributed by atoms with Gasteiger partial charge >= 0.3 is 0 Å². The third kappa shape index (κ3) is 3.97. The molecule has 0 unspecified atom stereocenters. The van der Waals surface area contributed by atoms with Crippen molar-refractivity contribution in [3.63, 3.8) is 0 Å². The molecule has 0 radical (unpaired) electrons. The Kier molecular flexibility index (Phi) is 5.94. The number of halogens is 3. The molecule has 1 aliphatic carbocycles. The molecule has 0 fully saturated rings. The Morgan fingerprint density at radius 3 is 2.71 bits per heavy atom. The van der Waals surface area contributed by atoms with Crippen molar-refractivity contribution in [2.24, 2.45) is 0 Å². The molecule has 158 valence electrons. The molecule has 2 aromatic carbocycles. The quantitative estimate of drug-likeness (QED) is 0.205. The minimum Gasteiger partial charge on any atom is -0.268 e. The monoisotopic (exact) mass is 534 g/mol. The largest absolute Gasteiger partial charge is 0.268 e. The molecule has 0 bridgehead atoms. The van der Waals surface area contributed by atoms with Crippen LogP contribution in [0.15, 0.2) is 56.9 Å². The van der Waals surface area contributed by atoms with Gasteiger partial charge in [-0.2, -0.15) is 0 Å². The molecule has 2 heterocycles. The van der Waals surface area contributed by atoms with Crippen molar-refractivity contribution < 1.29 is 4.39 Å². The first-order valence-electron chi connectivity index (χ1n) is 9.92. The van der Waals surface area contributed by atoms with Crippen LogP contribution in [0.25, 0.3) is 15.9 Å². The highest BCUT2D eigenvalue weighted by molar-refractivity contribution is 9.10. The lowest BCUT2D eigenvalue weighted by Gasteiger charge is -2.14. The maximum atomic E-state index is 14.3. The number of rotatable bonds is 4. The molecule has 3 nitrogen and oxygen atoms in total. The van der Waals surface area contributed by atoms with Crippen LogP contribution < -0.4 is 5.56 Å². The normalized spacial score (nSPS) is 13.5.